The lowest BCUT2D eigenvalue weighted by Crippen LogP contribution is -2.18. The summed E-state index contributed by atoms with van der Waals surface area (Å²) in [5.74, 6) is 0.654. The maximum absolute atomic E-state index is 11.6. The highest BCUT2D eigenvalue weighted by atomic mass is 16.3. The van der Waals surface area contributed by atoms with Gasteiger partial charge in [-0.25, -0.2) is 5.43 Å². The van der Waals surface area contributed by atoms with Gasteiger partial charge in [0.2, 0.25) is 5.91 Å². The van der Waals surface area contributed by atoms with Crippen molar-refractivity contribution in [1.82, 2.24) is 5.43 Å². The molecule has 4 nitrogen and oxygen atoms in total. The molecule has 0 radical (unpaired) electrons. The normalized spacial score (nSPS) is 11.6. The largest absolute Gasteiger partial charge is 0.463 e. The zero-order valence-corrected chi connectivity index (χ0v) is 11.9. The Labute approximate surface area is 115 Å². The summed E-state index contributed by atoms with van der Waals surface area (Å²) in [5.41, 5.74) is 3.24. The fourth-order valence-corrected chi connectivity index (χ4v) is 1.81. The molecule has 1 heterocycles. The predicted molar refractivity (Wildman–Crippen MR) is 77.1 cm³/mol. The molecule has 0 saturated carbocycles. The summed E-state index contributed by atoms with van der Waals surface area (Å²) in [6.07, 6.45) is 9.22. The van der Waals surface area contributed by atoms with Crippen molar-refractivity contribution in [3.8, 4) is 0 Å². The van der Waals surface area contributed by atoms with Crippen LogP contribution in [0.2, 0.25) is 0 Å². The number of amides is 1. The van der Waals surface area contributed by atoms with Gasteiger partial charge >= 0.3 is 0 Å². The highest BCUT2D eigenvalue weighted by Gasteiger charge is 2.02. The number of carbonyl (C=O) groups is 1. The summed E-state index contributed by atoms with van der Waals surface area (Å²) in [4.78, 5) is 11.6. The second kappa shape index (κ2) is 9.36. The van der Waals surface area contributed by atoms with Crippen LogP contribution in [0.3, 0.4) is 0 Å². The van der Waals surface area contributed by atoms with Crippen LogP contribution in [0.5, 0.6) is 0 Å². The first-order chi connectivity index (χ1) is 9.24. The first-order valence-electron chi connectivity index (χ1n) is 7.11. The van der Waals surface area contributed by atoms with Crippen LogP contribution in [0, 0.1) is 0 Å². The molecule has 0 fully saturated rings. The quantitative estimate of drug-likeness (QED) is 0.418. The fraction of sp³-hybridized carbons (Fsp3) is 0.600. The molecule has 1 aromatic heterocycles. The fourth-order valence-electron chi connectivity index (χ4n) is 1.81. The van der Waals surface area contributed by atoms with Gasteiger partial charge in [0.25, 0.3) is 0 Å². The van der Waals surface area contributed by atoms with Crippen molar-refractivity contribution >= 4 is 11.6 Å². The van der Waals surface area contributed by atoms with Crippen molar-refractivity contribution in [3.63, 3.8) is 0 Å². The maximum atomic E-state index is 11.6. The number of hydrogen-bond donors (Lipinski definition) is 1. The summed E-state index contributed by atoms with van der Waals surface area (Å²) in [6, 6.07) is 3.62. The smallest absolute Gasteiger partial charge is 0.240 e. The molecular formula is C15H24N2O2. The Morgan fingerprint density at radius 1 is 1.26 bits per heavy atom. The standard InChI is InChI=1S/C15H24N2O2/c1-3-4-5-6-7-8-11-15(18)17-16-13(2)14-10-9-12-19-14/h9-10,12H,3-8,11H2,1-2H3,(H,17,18)/b16-13+. The second-order valence-corrected chi connectivity index (χ2v) is 4.73. The van der Waals surface area contributed by atoms with E-state index in [1.807, 2.05) is 13.0 Å². The van der Waals surface area contributed by atoms with Crippen LogP contribution in [-0.2, 0) is 4.79 Å². The Balaban J connectivity index is 2.12. The third-order valence-corrected chi connectivity index (χ3v) is 2.98. The van der Waals surface area contributed by atoms with Crippen molar-refractivity contribution in [3.05, 3.63) is 24.2 Å². The van der Waals surface area contributed by atoms with Crippen LogP contribution in [0.1, 0.15) is 64.6 Å². The molecule has 0 bridgehead atoms. The Bertz CT molecular complexity index is 383. The van der Waals surface area contributed by atoms with Gasteiger partial charge in [-0.3, -0.25) is 4.79 Å². The lowest BCUT2D eigenvalue weighted by molar-refractivity contribution is -0.121. The van der Waals surface area contributed by atoms with Crippen LogP contribution in [-0.4, -0.2) is 11.6 Å². The number of rotatable bonds is 9. The number of nitrogens with one attached hydrogen (secondary N) is 1. The molecule has 0 unspecified atom stereocenters. The van der Waals surface area contributed by atoms with E-state index in [1.54, 1.807) is 12.3 Å². The Morgan fingerprint density at radius 3 is 2.68 bits per heavy atom. The van der Waals surface area contributed by atoms with Crippen molar-refractivity contribution in [2.75, 3.05) is 0 Å². The predicted octanol–water partition coefficient (Wildman–Crippen LogP) is 3.87. The van der Waals surface area contributed by atoms with E-state index in [-0.39, 0.29) is 5.91 Å². The lowest BCUT2D eigenvalue weighted by atomic mass is 10.1. The van der Waals surface area contributed by atoms with Gasteiger partial charge in [0, 0.05) is 6.42 Å². The molecule has 1 amide bonds. The number of furan rings is 1. The highest BCUT2D eigenvalue weighted by Crippen LogP contribution is 2.07. The van der Waals surface area contributed by atoms with Crippen molar-refractivity contribution in [1.29, 1.82) is 0 Å². The van der Waals surface area contributed by atoms with E-state index in [0.717, 1.165) is 12.8 Å². The molecule has 0 aliphatic rings. The molecular weight excluding hydrogens is 240 g/mol. The van der Waals surface area contributed by atoms with Gasteiger partial charge in [0.1, 0.15) is 11.5 Å². The molecule has 0 spiro atoms. The zero-order valence-electron chi connectivity index (χ0n) is 11.9. The average Bonchev–Trinajstić information content (AvgIpc) is 2.94. The van der Waals surface area contributed by atoms with Crippen LogP contribution < -0.4 is 5.43 Å². The topological polar surface area (TPSA) is 54.6 Å². The Kier molecular flexibility index (Phi) is 7.63. The maximum Gasteiger partial charge on any atom is 0.240 e. The molecule has 1 aromatic rings. The third kappa shape index (κ3) is 6.79. The first-order valence-corrected chi connectivity index (χ1v) is 7.11. The van der Waals surface area contributed by atoms with Crippen molar-refractivity contribution in [2.45, 2.75) is 58.8 Å². The Morgan fingerprint density at radius 2 is 2.00 bits per heavy atom. The van der Waals surface area contributed by atoms with E-state index in [0.29, 0.717) is 17.9 Å². The molecule has 1 N–H and O–H groups in total. The van der Waals surface area contributed by atoms with Crippen LogP contribution >= 0.6 is 0 Å². The third-order valence-electron chi connectivity index (χ3n) is 2.98. The highest BCUT2D eigenvalue weighted by molar-refractivity contribution is 5.96. The minimum Gasteiger partial charge on any atom is -0.463 e. The lowest BCUT2D eigenvalue weighted by Gasteiger charge is -2.01. The minimum absolute atomic E-state index is 0.0265. The summed E-state index contributed by atoms with van der Waals surface area (Å²) < 4.78 is 5.18. The molecule has 0 aliphatic heterocycles. The van der Waals surface area contributed by atoms with Crippen LogP contribution in [0.15, 0.2) is 27.9 Å². The first kappa shape index (κ1) is 15.5. The van der Waals surface area contributed by atoms with Gasteiger partial charge in [0.05, 0.1) is 6.26 Å². The molecule has 0 aromatic carbocycles. The van der Waals surface area contributed by atoms with E-state index in [4.69, 9.17) is 4.42 Å². The van der Waals surface area contributed by atoms with Gasteiger partial charge < -0.3 is 4.42 Å². The molecule has 0 saturated heterocycles. The molecule has 0 atom stereocenters. The number of nitrogens with zero attached hydrogens (tertiary/aromatic N) is 1. The zero-order chi connectivity index (χ0) is 13.9. The van der Waals surface area contributed by atoms with Gasteiger partial charge in [-0.2, -0.15) is 5.10 Å². The van der Waals surface area contributed by atoms with Crippen LogP contribution in [0.25, 0.3) is 0 Å². The molecule has 4 heteroatoms. The number of unbranched alkanes of at least 4 members (excludes halogenated alkanes) is 5. The van der Waals surface area contributed by atoms with E-state index in [2.05, 4.69) is 17.5 Å². The van der Waals surface area contributed by atoms with Gasteiger partial charge in [-0.1, -0.05) is 39.0 Å². The van der Waals surface area contributed by atoms with E-state index in [1.165, 1.54) is 25.7 Å². The van der Waals surface area contributed by atoms with E-state index in [9.17, 15) is 4.79 Å². The van der Waals surface area contributed by atoms with E-state index < -0.39 is 0 Å². The number of carbonyl (C=O) groups excluding carboxylic acids is 1. The summed E-state index contributed by atoms with van der Waals surface area (Å²) in [5, 5.41) is 4.02. The van der Waals surface area contributed by atoms with Gasteiger partial charge in [0.15, 0.2) is 0 Å². The van der Waals surface area contributed by atoms with Gasteiger partial charge in [-0.05, 0) is 25.5 Å². The number of hydrogen-bond acceptors (Lipinski definition) is 3. The van der Waals surface area contributed by atoms with Crippen molar-refractivity contribution in [2.24, 2.45) is 5.10 Å². The van der Waals surface area contributed by atoms with E-state index >= 15 is 0 Å². The molecule has 106 valence electrons. The SMILES string of the molecule is CCCCCCCCC(=O)N/N=C(\C)c1ccco1. The van der Waals surface area contributed by atoms with Gasteiger partial charge in [-0.15, -0.1) is 0 Å². The molecule has 19 heavy (non-hydrogen) atoms. The second-order valence-electron chi connectivity index (χ2n) is 4.73. The summed E-state index contributed by atoms with van der Waals surface area (Å²) in [6.45, 7) is 4.01. The molecule has 1 rings (SSSR count). The monoisotopic (exact) mass is 264 g/mol. The number of hydrazone groups is 1. The molecule has 0 aliphatic carbocycles. The summed E-state index contributed by atoms with van der Waals surface area (Å²) >= 11 is 0. The summed E-state index contributed by atoms with van der Waals surface area (Å²) in [7, 11) is 0. The Hall–Kier alpha value is -1.58. The minimum atomic E-state index is -0.0265. The van der Waals surface area contributed by atoms with Crippen LogP contribution in [0.4, 0.5) is 0 Å². The van der Waals surface area contributed by atoms with Crippen molar-refractivity contribution < 1.29 is 9.21 Å². The average molecular weight is 264 g/mol.